The molecule has 1 aromatic carbocycles. The number of carboxylic acid groups (broad SMARTS) is 1. The number of carbonyl (C=O) groups is 2. The fourth-order valence-corrected chi connectivity index (χ4v) is 5.42. The molecule has 8 nitrogen and oxygen atoms in total. The fraction of sp³-hybridized carbons (Fsp3) is 0.379. The third kappa shape index (κ3) is 7.04. The van der Waals surface area contributed by atoms with Gasteiger partial charge in [0.05, 0.1) is 33.1 Å². The summed E-state index contributed by atoms with van der Waals surface area (Å²) in [6.45, 7) is 1.32. The van der Waals surface area contributed by atoms with Gasteiger partial charge < -0.3 is 20.1 Å². The molecule has 2 N–H and O–H groups in total. The van der Waals surface area contributed by atoms with Crippen molar-refractivity contribution in [2.45, 2.75) is 44.1 Å². The van der Waals surface area contributed by atoms with Crippen molar-refractivity contribution in [1.82, 2.24) is 20.2 Å². The first-order valence-corrected chi connectivity index (χ1v) is 14.2. The summed E-state index contributed by atoms with van der Waals surface area (Å²) < 4.78 is 5.96. The number of nitrogens with zero attached hydrogens (tertiary/aromatic N) is 3. The molecule has 1 aliphatic rings. The number of benzene rings is 1. The van der Waals surface area contributed by atoms with Gasteiger partial charge >= 0.3 is 5.97 Å². The number of amides is 1. The molecule has 4 rings (SSSR count). The Kier molecular flexibility index (Phi) is 9.90. The van der Waals surface area contributed by atoms with E-state index in [1.54, 1.807) is 30.3 Å². The van der Waals surface area contributed by atoms with Crippen LogP contribution in [0.4, 0.5) is 0 Å². The zero-order valence-corrected chi connectivity index (χ0v) is 24.6. The van der Waals surface area contributed by atoms with Gasteiger partial charge in [-0.25, -0.2) is 9.78 Å². The third-order valence-electron chi connectivity index (χ3n) is 6.87. The summed E-state index contributed by atoms with van der Waals surface area (Å²) in [5.74, 6) is -1.13. The third-order valence-corrected chi connectivity index (χ3v) is 7.68. The normalized spacial score (nSPS) is 14.7. The van der Waals surface area contributed by atoms with Crippen LogP contribution in [0, 0.1) is 0 Å². The maximum Gasteiger partial charge on any atom is 0.329 e. The van der Waals surface area contributed by atoms with Gasteiger partial charge in [-0.1, -0.05) is 60.1 Å². The van der Waals surface area contributed by atoms with Crippen molar-refractivity contribution >= 4 is 46.7 Å². The Hall–Kier alpha value is -2.91. The first-order chi connectivity index (χ1) is 19.1. The zero-order chi connectivity index (χ0) is 28.9. The molecule has 40 heavy (non-hydrogen) atoms. The van der Waals surface area contributed by atoms with E-state index >= 15 is 0 Å². The molecule has 1 amide bonds. The number of halogens is 3. The predicted octanol–water partition coefficient (Wildman–Crippen LogP) is 6.62. The second kappa shape index (κ2) is 13.2. The van der Waals surface area contributed by atoms with Gasteiger partial charge in [-0.3, -0.25) is 9.78 Å². The van der Waals surface area contributed by atoms with Gasteiger partial charge in [0.2, 0.25) is 0 Å². The summed E-state index contributed by atoms with van der Waals surface area (Å²) >= 11 is 19.0. The van der Waals surface area contributed by atoms with Gasteiger partial charge in [0.15, 0.2) is 0 Å². The topological polar surface area (TPSA) is 105 Å². The maximum absolute atomic E-state index is 13.4. The smallest absolute Gasteiger partial charge is 0.329 e. The van der Waals surface area contributed by atoms with Gasteiger partial charge in [-0.2, -0.15) is 0 Å². The fourth-order valence-electron chi connectivity index (χ4n) is 4.76. The number of aromatic nitrogens is 2. The molecule has 2 aromatic heterocycles. The Balaban J connectivity index is 1.74. The molecule has 1 aliphatic carbocycles. The van der Waals surface area contributed by atoms with Crippen LogP contribution in [0.1, 0.15) is 49.0 Å². The molecular weight excluding hydrogens is 575 g/mol. The summed E-state index contributed by atoms with van der Waals surface area (Å²) in [6.07, 6.45) is 5.42. The second-order valence-electron chi connectivity index (χ2n) is 10.1. The van der Waals surface area contributed by atoms with Gasteiger partial charge in [0.1, 0.15) is 17.0 Å². The highest BCUT2D eigenvalue weighted by molar-refractivity contribution is 6.36. The molecule has 0 radical (unpaired) electrons. The van der Waals surface area contributed by atoms with Crippen LogP contribution in [0.5, 0.6) is 5.75 Å². The number of carboxylic acids is 1. The summed E-state index contributed by atoms with van der Waals surface area (Å²) in [6, 6.07) is 10.0. The van der Waals surface area contributed by atoms with Gasteiger partial charge in [0, 0.05) is 23.9 Å². The molecule has 3 aromatic rings. The first-order valence-electron chi connectivity index (χ1n) is 13.1. The van der Waals surface area contributed by atoms with Gasteiger partial charge in [0.25, 0.3) is 5.91 Å². The van der Waals surface area contributed by atoms with E-state index in [0.717, 1.165) is 32.2 Å². The number of aliphatic carboxylic acids is 1. The van der Waals surface area contributed by atoms with Crippen molar-refractivity contribution in [1.29, 1.82) is 0 Å². The van der Waals surface area contributed by atoms with E-state index in [0.29, 0.717) is 62.8 Å². The number of pyridine rings is 2. The Morgan fingerprint density at radius 3 is 2.45 bits per heavy atom. The second-order valence-corrected chi connectivity index (χ2v) is 11.4. The lowest BCUT2D eigenvalue weighted by atomic mass is 9.81. The Labute approximate surface area is 248 Å². The van der Waals surface area contributed by atoms with Crippen LogP contribution in [0.3, 0.4) is 0 Å². The quantitative estimate of drug-likeness (QED) is 0.250. The van der Waals surface area contributed by atoms with E-state index in [2.05, 4.69) is 20.2 Å². The highest BCUT2D eigenvalue weighted by atomic mass is 35.5. The SMILES string of the molecule is CN(C)CCCOc1cc(-c2nc(C(=O)NC3(C(=O)O)CCCCC3)ccc2-c2ncc(Cl)cc2Cl)ccc1Cl. The van der Waals surface area contributed by atoms with Crippen LogP contribution in [0.2, 0.25) is 15.1 Å². The number of ether oxygens (including phenoxy) is 1. The molecular formula is C29H31Cl3N4O4. The average Bonchev–Trinajstić information content (AvgIpc) is 2.92. The van der Waals surface area contributed by atoms with Crippen LogP contribution in [0.15, 0.2) is 42.6 Å². The van der Waals surface area contributed by atoms with Crippen LogP contribution < -0.4 is 10.1 Å². The lowest BCUT2D eigenvalue weighted by molar-refractivity contribution is -0.145. The minimum atomic E-state index is -1.31. The molecule has 0 unspecified atom stereocenters. The highest BCUT2D eigenvalue weighted by Gasteiger charge is 2.41. The minimum Gasteiger partial charge on any atom is -0.492 e. The number of carbonyl (C=O) groups excluding carboxylic acids is 1. The zero-order valence-electron chi connectivity index (χ0n) is 22.3. The summed E-state index contributed by atoms with van der Waals surface area (Å²) in [4.78, 5) is 36.7. The first kappa shape index (κ1) is 30.1. The van der Waals surface area contributed by atoms with Crippen molar-refractivity contribution in [2.24, 2.45) is 0 Å². The molecule has 1 fully saturated rings. The standard InChI is InChI=1S/C29H31Cl3N4O4/c1-36(2)13-6-14-40-24-15-18(7-9-21(24)31)25-20(26-22(32)16-19(30)17-33-26)8-10-23(34-25)27(37)35-29(28(38)39)11-4-3-5-12-29/h7-10,15-17H,3-6,11-14H2,1-2H3,(H,35,37)(H,38,39). The number of nitrogens with one attached hydrogen (secondary N) is 1. The maximum atomic E-state index is 13.4. The van der Waals surface area contributed by atoms with Crippen molar-refractivity contribution in [3.63, 3.8) is 0 Å². The molecule has 0 aliphatic heterocycles. The molecule has 0 atom stereocenters. The highest BCUT2D eigenvalue weighted by Crippen LogP contribution is 2.38. The summed E-state index contributed by atoms with van der Waals surface area (Å²) in [7, 11) is 3.98. The van der Waals surface area contributed by atoms with E-state index in [1.807, 2.05) is 14.1 Å². The van der Waals surface area contributed by atoms with E-state index < -0.39 is 17.4 Å². The van der Waals surface area contributed by atoms with Crippen molar-refractivity contribution in [2.75, 3.05) is 27.2 Å². The number of hydrogen-bond acceptors (Lipinski definition) is 6. The van der Waals surface area contributed by atoms with Crippen molar-refractivity contribution < 1.29 is 19.4 Å². The largest absolute Gasteiger partial charge is 0.492 e. The van der Waals surface area contributed by atoms with Crippen LogP contribution in [0.25, 0.3) is 22.5 Å². The van der Waals surface area contributed by atoms with Crippen LogP contribution >= 0.6 is 34.8 Å². The Morgan fingerprint density at radius 1 is 1.02 bits per heavy atom. The van der Waals surface area contributed by atoms with Crippen LogP contribution in [-0.4, -0.2) is 64.6 Å². The summed E-state index contributed by atoms with van der Waals surface area (Å²) in [5, 5.41) is 13.8. The predicted molar refractivity (Wildman–Crippen MR) is 158 cm³/mol. The molecule has 2 heterocycles. The van der Waals surface area contributed by atoms with Crippen molar-refractivity contribution in [3.05, 3.63) is 63.4 Å². The van der Waals surface area contributed by atoms with E-state index in [9.17, 15) is 14.7 Å². The van der Waals surface area contributed by atoms with Gasteiger partial charge in [-0.05, 0) is 63.7 Å². The molecule has 1 saturated carbocycles. The minimum absolute atomic E-state index is 0.0680. The lowest BCUT2D eigenvalue weighted by Gasteiger charge is -2.33. The van der Waals surface area contributed by atoms with E-state index in [-0.39, 0.29) is 5.69 Å². The molecule has 0 bridgehead atoms. The van der Waals surface area contributed by atoms with Crippen LogP contribution in [-0.2, 0) is 4.79 Å². The Bertz CT molecular complexity index is 1390. The summed E-state index contributed by atoms with van der Waals surface area (Å²) in [5.41, 5.74) is 0.772. The molecule has 11 heteroatoms. The van der Waals surface area contributed by atoms with Gasteiger partial charge in [-0.15, -0.1) is 0 Å². The van der Waals surface area contributed by atoms with Crippen molar-refractivity contribution in [3.8, 4) is 28.3 Å². The van der Waals surface area contributed by atoms with E-state index in [1.165, 1.54) is 12.3 Å². The monoisotopic (exact) mass is 604 g/mol. The molecule has 212 valence electrons. The number of rotatable bonds is 10. The average molecular weight is 606 g/mol. The number of hydrogen-bond donors (Lipinski definition) is 2. The Morgan fingerprint density at radius 2 is 1.77 bits per heavy atom. The lowest BCUT2D eigenvalue weighted by Crippen LogP contribution is -2.55. The molecule has 0 saturated heterocycles. The van der Waals surface area contributed by atoms with E-state index in [4.69, 9.17) is 39.5 Å². The molecule has 0 spiro atoms.